The zero-order valence-corrected chi connectivity index (χ0v) is 16.8. The van der Waals surface area contributed by atoms with Gasteiger partial charge in [-0.2, -0.15) is 5.26 Å². The zero-order valence-electron chi connectivity index (χ0n) is 16.8. The molecule has 4 rings (SSSR count). The van der Waals surface area contributed by atoms with Gasteiger partial charge < -0.3 is 10.1 Å². The molecule has 2 heterocycles. The quantitative estimate of drug-likeness (QED) is 0.698. The van der Waals surface area contributed by atoms with Crippen molar-refractivity contribution in [2.45, 2.75) is 44.8 Å². The molecule has 0 saturated heterocycles. The number of ether oxygens (including phenoxy) is 1. The summed E-state index contributed by atoms with van der Waals surface area (Å²) in [5.74, 6) is 0.176. The van der Waals surface area contributed by atoms with E-state index in [2.05, 4.69) is 21.4 Å². The monoisotopic (exact) mass is 389 g/mol. The van der Waals surface area contributed by atoms with Gasteiger partial charge in [-0.1, -0.05) is 12.1 Å². The highest BCUT2D eigenvalue weighted by Gasteiger charge is 2.30. The Morgan fingerprint density at radius 2 is 2.17 bits per heavy atom. The number of nitrogens with one attached hydrogen (secondary N) is 1. The molecule has 2 aromatic heterocycles. The van der Waals surface area contributed by atoms with Crippen LogP contribution in [0.25, 0.3) is 5.65 Å². The first-order chi connectivity index (χ1) is 13.9. The number of hydrogen-bond acceptors (Lipinski definition) is 5. The summed E-state index contributed by atoms with van der Waals surface area (Å²) < 4.78 is 7.16. The summed E-state index contributed by atoms with van der Waals surface area (Å²) in [6.45, 7) is 4.19. The van der Waals surface area contributed by atoms with E-state index in [1.54, 1.807) is 25.6 Å². The van der Waals surface area contributed by atoms with Crippen molar-refractivity contribution in [1.29, 1.82) is 5.26 Å². The third-order valence-corrected chi connectivity index (χ3v) is 5.23. The van der Waals surface area contributed by atoms with Crippen LogP contribution >= 0.6 is 0 Å². The summed E-state index contributed by atoms with van der Waals surface area (Å²) in [6.07, 6.45) is 3.94. The number of methoxy groups -OCH3 is 1. The van der Waals surface area contributed by atoms with Crippen molar-refractivity contribution in [3.8, 4) is 6.07 Å². The Kier molecular flexibility index (Phi) is 4.81. The van der Waals surface area contributed by atoms with Crippen molar-refractivity contribution in [2.24, 2.45) is 0 Å². The van der Waals surface area contributed by atoms with E-state index in [1.165, 1.54) is 0 Å². The van der Waals surface area contributed by atoms with E-state index < -0.39 is 5.54 Å². The molecule has 1 aliphatic carbocycles. The first-order valence-corrected chi connectivity index (χ1v) is 9.62. The number of rotatable bonds is 6. The van der Waals surface area contributed by atoms with Crippen molar-refractivity contribution in [3.63, 3.8) is 0 Å². The number of amides is 1. The van der Waals surface area contributed by atoms with Gasteiger partial charge in [0.1, 0.15) is 6.33 Å². The third kappa shape index (κ3) is 3.71. The van der Waals surface area contributed by atoms with E-state index >= 15 is 0 Å². The van der Waals surface area contributed by atoms with Crippen LogP contribution in [0.4, 0.5) is 0 Å². The Hall–Kier alpha value is -3.24. The molecule has 1 aliphatic rings. The molecule has 1 N–H and O–H groups in total. The molecule has 7 heteroatoms. The van der Waals surface area contributed by atoms with Gasteiger partial charge in [0.15, 0.2) is 11.3 Å². The van der Waals surface area contributed by atoms with Crippen LogP contribution < -0.4 is 5.32 Å². The van der Waals surface area contributed by atoms with Gasteiger partial charge in [0, 0.05) is 12.8 Å². The molecule has 1 amide bonds. The standard InChI is InChI=1S/C22H23N5O2/c1-22(2,16-6-4-5-14(9-16)11-23)26-21(28)19-20-25-17(12-29-3)10-18(15-7-8-15)27(20)13-24-19/h4-6,9-10,13,15H,7-8,12H2,1-3H3,(H,26,28). The average Bonchev–Trinajstić information content (AvgIpc) is 3.46. The summed E-state index contributed by atoms with van der Waals surface area (Å²) in [4.78, 5) is 22.1. The summed E-state index contributed by atoms with van der Waals surface area (Å²) in [5, 5.41) is 12.2. The number of carbonyl (C=O) groups is 1. The molecular weight excluding hydrogens is 366 g/mol. The van der Waals surface area contributed by atoms with E-state index in [0.717, 1.165) is 29.8 Å². The maximum absolute atomic E-state index is 13.1. The lowest BCUT2D eigenvalue weighted by Gasteiger charge is -2.26. The smallest absolute Gasteiger partial charge is 0.274 e. The Morgan fingerprint density at radius 3 is 2.86 bits per heavy atom. The lowest BCUT2D eigenvalue weighted by atomic mass is 9.93. The van der Waals surface area contributed by atoms with Crippen LogP contribution in [-0.2, 0) is 16.9 Å². The third-order valence-electron chi connectivity index (χ3n) is 5.23. The van der Waals surface area contributed by atoms with Gasteiger partial charge in [0.05, 0.1) is 29.5 Å². The van der Waals surface area contributed by atoms with E-state index in [0.29, 0.717) is 23.7 Å². The highest BCUT2D eigenvalue weighted by Crippen LogP contribution is 2.40. The number of fused-ring (bicyclic) bond motifs is 1. The molecule has 1 saturated carbocycles. The number of hydrogen-bond donors (Lipinski definition) is 1. The van der Waals surface area contributed by atoms with Crippen LogP contribution in [-0.4, -0.2) is 27.4 Å². The largest absolute Gasteiger partial charge is 0.378 e. The van der Waals surface area contributed by atoms with Crippen molar-refractivity contribution >= 4 is 11.6 Å². The molecule has 0 spiro atoms. The first kappa shape index (κ1) is 19.1. The Bertz CT molecular complexity index is 1120. The predicted molar refractivity (Wildman–Crippen MR) is 107 cm³/mol. The van der Waals surface area contributed by atoms with Gasteiger partial charge in [-0.05, 0) is 56.4 Å². The van der Waals surface area contributed by atoms with Crippen molar-refractivity contribution in [1.82, 2.24) is 19.7 Å². The maximum Gasteiger partial charge on any atom is 0.274 e. The fraction of sp³-hybridized carbons (Fsp3) is 0.364. The van der Waals surface area contributed by atoms with Crippen molar-refractivity contribution in [3.05, 3.63) is 64.9 Å². The van der Waals surface area contributed by atoms with E-state index in [1.807, 2.05) is 36.4 Å². The number of nitrogens with zero attached hydrogens (tertiary/aromatic N) is 4. The molecule has 148 valence electrons. The van der Waals surface area contributed by atoms with Gasteiger partial charge in [-0.15, -0.1) is 0 Å². The van der Waals surface area contributed by atoms with E-state index in [-0.39, 0.29) is 11.6 Å². The SMILES string of the molecule is COCc1cc(C2CC2)n2cnc(C(=O)NC(C)(C)c3cccc(C#N)c3)c2n1. The van der Waals surface area contributed by atoms with Gasteiger partial charge in [-0.25, -0.2) is 9.97 Å². The zero-order chi connectivity index (χ0) is 20.6. The summed E-state index contributed by atoms with van der Waals surface area (Å²) in [6, 6.07) is 11.4. The highest BCUT2D eigenvalue weighted by atomic mass is 16.5. The van der Waals surface area contributed by atoms with Crippen LogP contribution in [0, 0.1) is 11.3 Å². The Labute approximate surface area is 169 Å². The van der Waals surface area contributed by atoms with Gasteiger partial charge in [0.25, 0.3) is 5.91 Å². The molecule has 29 heavy (non-hydrogen) atoms. The Morgan fingerprint density at radius 1 is 1.38 bits per heavy atom. The second-order valence-corrected chi connectivity index (χ2v) is 7.94. The fourth-order valence-corrected chi connectivity index (χ4v) is 3.51. The first-order valence-electron chi connectivity index (χ1n) is 9.62. The number of imidazole rings is 1. The summed E-state index contributed by atoms with van der Waals surface area (Å²) in [7, 11) is 1.63. The minimum absolute atomic E-state index is 0.286. The minimum atomic E-state index is -0.677. The summed E-state index contributed by atoms with van der Waals surface area (Å²) >= 11 is 0. The second kappa shape index (κ2) is 7.30. The summed E-state index contributed by atoms with van der Waals surface area (Å²) in [5.41, 5.74) is 3.46. The normalized spacial score (nSPS) is 14.0. The molecule has 0 aliphatic heterocycles. The predicted octanol–water partition coefficient (Wildman–Crippen LogP) is 3.29. The molecule has 1 fully saturated rings. The molecule has 1 aromatic carbocycles. The average molecular weight is 389 g/mol. The number of benzene rings is 1. The lowest BCUT2D eigenvalue weighted by molar-refractivity contribution is 0.0909. The highest BCUT2D eigenvalue weighted by molar-refractivity contribution is 5.98. The number of carbonyl (C=O) groups excluding carboxylic acids is 1. The molecule has 7 nitrogen and oxygen atoms in total. The van der Waals surface area contributed by atoms with Gasteiger partial charge >= 0.3 is 0 Å². The molecule has 0 unspecified atom stereocenters. The number of aromatic nitrogens is 3. The minimum Gasteiger partial charge on any atom is -0.378 e. The van der Waals surface area contributed by atoms with E-state index in [4.69, 9.17) is 10.00 Å². The molecular formula is C22H23N5O2. The van der Waals surface area contributed by atoms with Crippen LogP contribution in [0.15, 0.2) is 36.7 Å². The molecule has 0 bridgehead atoms. The van der Waals surface area contributed by atoms with Gasteiger partial charge in [0.2, 0.25) is 0 Å². The van der Waals surface area contributed by atoms with E-state index in [9.17, 15) is 4.79 Å². The topological polar surface area (TPSA) is 92.3 Å². The van der Waals surface area contributed by atoms with Crippen LogP contribution in [0.5, 0.6) is 0 Å². The second-order valence-electron chi connectivity index (χ2n) is 7.94. The van der Waals surface area contributed by atoms with Crippen molar-refractivity contribution < 1.29 is 9.53 Å². The maximum atomic E-state index is 13.1. The molecule has 3 aromatic rings. The molecule has 0 atom stereocenters. The Balaban J connectivity index is 1.69. The van der Waals surface area contributed by atoms with Crippen LogP contribution in [0.3, 0.4) is 0 Å². The van der Waals surface area contributed by atoms with Crippen LogP contribution in [0.1, 0.15) is 65.6 Å². The van der Waals surface area contributed by atoms with Gasteiger partial charge in [-0.3, -0.25) is 9.20 Å². The number of nitriles is 1. The van der Waals surface area contributed by atoms with Crippen molar-refractivity contribution in [2.75, 3.05) is 7.11 Å². The fourth-order valence-electron chi connectivity index (χ4n) is 3.51. The van der Waals surface area contributed by atoms with Crippen LogP contribution in [0.2, 0.25) is 0 Å². The lowest BCUT2D eigenvalue weighted by Crippen LogP contribution is -2.41. The molecule has 0 radical (unpaired) electrons.